The van der Waals surface area contributed by atoms with Gasteiger partial charge in [-0.25, -0.2) is 4.98 Å². The zero-order valence-corrected chi connectivity index (χ0v) is 15.1. The Balaban J connectivity index is 1.34. The van der Waals surface area contributed by atoms with Crippen LogP contribution in [0.3, 0.4) is 0 Å². The normalized spacial score (nSPS) is 15.0. The highest BCUT2D eigenvalue weighted by Gasteiger charge is 2.20. The molecule has 2 aromatic heterocycles. The maximum absolute atomic E-state index is 12.3. The second-order valence-electron chi connectivity index (χ2n) is 6.67. The Morgan fingerprint density at radius 2 is 2.12 bits per heavy atom. The van der Waals surface area contributed by atoms with Crippen molar-refractivity contribution in [3.8, 4) is 0 Å². The highest BCUT2D eigenvalue weighted by molar-refractivity contribution is 7.17. The van der Waals surface area contributed by atoms with Crippen molar-refractivity contribution < 1.29 is 9.90 Å². The first-order valence-corrected chi connectivity index (χ1v) is 9.71. The summed E-state index contributed by atoms with van der Waals surface area (Å²) in [5, 5.41) is 19.5. The number of anilines is 1. The van der Waals surface area contributed by atoms with Gasteiger partial charge in [-0.15, -0.1) is 11.3 Å². The lowest BCUT2D eigenvalue weighted by atomic mass is 10.1. The molecule has 1 aliphatic carbocycles. The molecule has 4 rings (SSSR count). The number of amides is 1. The minimum atomic E-state index is -0.734. The first-order valence-electron chi connectivity index (χ1n) is 8.83. The molecule has 1 saturated carbocycles. The SMILES string of the molecule is O=C(NCC(O)c1csc2ccccc12)c1ccc(NCC2CC2)nc1. The molecule has 3 aromatic rings. The van der Waals surface area contributed by atoms with E-state index in [0.717, 1.165) is 33.9 Å². The zero-order chi connectivity index (χ0) is 17.9. The van der Waals surface area contributed by atoms with E-state index in [-0.39, 0.29) is 12.5 Å². The van der Waals surface area contributed by atoms with Gasteiger partial charge in [0.25, 0.3) is 5.91 Å². The van der Waals surface area contributed by atoms with Crippen LogP contribution in [-0.2, 0) is 0 Å². The molecule has 0 spiro atoms. The van der Waals surface area contributed by atoms with Gasteiger partial charge in [0.1, 0.15) is 5.82 Å². The van der Waals surface area contributed by atoms with Crippen molar-refractivity contribution in [1.29, 1.82) is 0 Å². The van der Waals surface area contributed by atoms with E-state index in [4.69, 9.17) is 0 Å². The van der Waals surface area contributed by atoms with Gasteiger partial charge in [0, 0.05) is 29.5 Å². The van der Waals surface area contributed by atoms with Crippen LogP contribution in [-0.4, -0.2) is 29.1 Å². The molecule has 5 nitrogen and oxygen atoms in total. The van der Waals surface area contributed by atoms with Gasteiger partial charge in [-0.3, -0.25) is 4.79 Å². The number of pyridine rings is 1. The van der Waals surface area contributed by atoms with Crippen molar-refractivity contribution in [3.63, 3.8) is 0 Å². The van der Waals surface area contributed by atoms with E-state index in [1.54, 1.807) is 23.6 Å². The minimum absolute atomic E-state index is 0.168. The number of hydrogen-bond donors (Lipinski definition) is 3. The number of nitrogens with zero attached hydrogens (tertiary/aromatic N) is 1. The van der Waals surface area contributed by atoms with Gasteiger partial charge < -0.3 is 15.7 Å². The van der Waals surface area contributed by atoms with Crippen molar-refractivity contribution in [2.45, 2.75) is 18.9 Å². The number of rotatable bonds is 7. The summed E-state index contributed by atoms with van der Waals surface area (Å²) in [5.74, 6) is 1.33. The van der Waals surface area contributed by atoms with E-state index in [9.17, 15) is 9.90 Å². The van der Waals surface area contributed by atoms with Crippen LogP contribution < -0.4 is 10.6 Å². The van der Waals surface area contributed by atoms with Crippen molar-refractivity contribution in [2.75, 3.05) is 18.4 Å². The summed E-state index contributed by atoms with van der Waals surface area (Å²) in [4.78, 5) is 16.6. The Labute approximate surface area is 156 Å². The molecule has 1 aromatic carbocycles. The summed E-state index contributed by atoms with van der Waals surface area (Å²) < 4.78 is 1.13. The Morgan fingerprint density at radius 3 is 2.88 bits per heavy atom. The number of nitrogens with one attached hydrogen (secondary N) is 2. The quantitative estimate of drug-likeness (QED) is 0.597. The summed E-state index contributed by atoms with van der Waals surface area (Å²) in [5.41, 5.74) is 1.34. The fraction of sp³-hybridized carbons (Fsp3) is 0.300. The summed E-state index contributed by atoms with van der Waals surface area (Å²) in [7, 11) is 0. The first kappa shape index (κ1) is 17.0. The van der Waals surface area contributed by atoms with E-state index in [1.165, 1.54) is 12.8 Å². The molecule has 2 heterocycles. The molecule has 1 unspecified atom stereocenters. The van der Waals surface area contributed by atoms with E-state index in [1.807, 2.05) is 35.7 Å². The standard InChI is InChI=1S/C20H21N3O2S/c24-17(16-12-26-18-4-2-1-3-15(16)18)11-23-20(25)14-7-8-19(22-10-14)21-9-13-5-6-13/h1-4,7-8,10,12-13,17,24H,5-6,9,11H2,(H,21,22)(H,23,25). The molecule has 1 amide bonds. The van der Waals surface area contributed by atoms with Gasteiger partial charge in [-0.05, 0) is 47.7 Å². The number of benzene rings is 1. The number of thiophene rings is 1. The van der Waals surface area contributed by atoms with E-state index in [2.05, 4.69) is 15.6 Å². The Bertz CT molecular complexity index is 903. The molecule has 134 valence electrons. The minimum Gasteiger partial charge on any atom is -0.387 e. The smallest absolute Gasteiger partial charge is 0.252 e. The Kier molecular flexibility index (Phi) is 4.86. The van der Waals surface area contributed by atoms with Gasteiger partial charge in [0.05, 0.1) is 11.7 Å². The van der Waals surface area contributed by atoms with Crippen molar-refractivity contribution in [1.82, 2.24) is 10.3 Å². The van der Waals surface area contributed by atoms with Gasteiger partial charge in [-0.2, -0.15) is 0 Å². The van der Waals surface area contributed by atoms with Crippen LogP contribution in [0.15, 0.2) is 48.0 Å². The molecule has 0 radical (unpaired) electrons. The van der Waals surface area contributed by atoms with Gasteiger partial charge in [0.2, 0.25) is 0 Å². The van der Waals surface area contributed by atoms with E-state index >= 15 is 0 Å². The van der Waals surface area contributed by atoms with Crippen LogP contribution in [0.2, 0.25) is 0 Å². The predicted octanol–water partition coefficient (Wildman–Crippen LogP) is 3.58. The second kappa shape index (κ2) is 7.43. The third-order valence-corrected chi connectivity index (χ3v) is 5.60. The topological polar surface area (TPSA) is 74.2 Å². The molecular formula is C20H21N3O2S. The largest absolute Gasteiger partial charge is 0.387 e. The van der Waals surface area contributed by atoms with E-state index in [0.29, 0.717) is 5.56 Å². The van der Waals surface area contributed by atoms with Crippen LogP contribution in [0.4, 0.5) is 5.82 Å². The molecule has 0 saturated heterocycles. The number of fused-ring (bicyclic) bond motifs is 1. The van der Waals surface area contributed by atoms with Crippen LogP contribution in [0.25, 0.3) is 10.1 Å². The van der Waals surface area contributed by atoms with E-state index < -0.39 is 6.10 Å². The van der Waals surface area contributed by atoms with Crippen molar-refractivity contribution >= 4 is 33.1 Å². The summed E-state index contributed by atoms with van der Waals surface area (Å²) in [6.45, 7) is 1.11. The molecule has 26 heavy (non-hydrogen) atoms. The third kappa shape index (κ3) is 3.86. The monoisotopic (exact) mass is 367 g/mol. The van der Waals surface area contributed by atoms with Crippen LogP contribution in [0.1, 0.15) is 34.9 Å². The van der Waals surface area contributed by atoms with Crippen molar-refractivity contribution in [3.05, 3.63) is 59.1 Å². The fourth-order valence-corrected chi connectivity index (χ4v) is 3.87. The fourth-order valence-electron chi connectivity index (χ4n) is 2.86. The maximum Gasteiger partial charge on any atom is 0.252 e. The lowest BCUT2D eigenvalue weighted by molar-refractivity contribution is 0.0917. The molecule has 0 aliphatic heterocycles. The summed E-state index contributed by atoms with van der Waals surface area (Å²) in [6, 6.07) is 11.5. The lowest BCUT2D eigenvalue weighted by Crippen LogP contribution is -2.28. The number of hydrogen-bond acceptors (Lipinski definition) is 5. The molecule has 0 bridgehead atoms. The molecule has 1 fully saturated rings. The summed E-state index contributed by atoms with van der Waals surface area (Å²) >= 11 is 1.60. The third-order valence-electron chi connectivity index (χ3n) is 4.62. The number of carbonyl (C=O) groups is 1. The average molecular weight is 367 g/mol. The van der Waals surface area contributed by atoms with Gasteiger partial charge in [0.15, 0.2) is 0 Å². The van der Waals surface area contributed by atoms with Gasteiger partial charge >= 0.3 is 0 Å². The molecule has 1 aliphatic rings. The maximum atomic E-state index is 12.3. The summed E-state index contributed by atoms with van der Waals surface area (Å²) in [6.07, 6.45) is 3.41. The second-order valence-corrected chi connectivity index (χ2v) is 7.58. The lowest BCUT2D eigenvalue weighted by Gasteiger charge is -2.12. The van der Waals surface area contributed by atoms with Crippen molar-refractivity contribution in [2.24, 2.45) is 5.92 Å². The highest BCUT2D eigenvalue weighted by Crippen LogP contribution is 2.30. The molecule has 3 N–H and O–H groups in total. The number of aliphatic hydroxyl groups is 1. The van der Waals surface area contributed by atoms with Crippen LogP contribution in [0.5, 0.6) is 0 Å². The molecule has 6 heteroatoms. The number of aromatic nitrogens is 1. The average Bonchev–Trinajstić information content (AvgIpc) is 3.41. The predicted molar refractivity (Wildman–Crippen MR) is 105 cm³/mol. The Hall–Kier alpha value is -2.44. The highest BCUT2D eigenvalue weighted by atomic mass is 32.1. The first-order chi connectivity index (χ1) is 12.7. The number of carbonyl (C=O) groups excluding carboxylic acids is 1. The van der Waals surface area contributed by atoms with Crippen LogP contribution in [0, 0.1) is 5.92 Å². The zero-order valence-electron chi connectivity index (χ0n) is 14.3. The van der Waals surface area contributed by atoms with Crippen LogP contribution >= 0.6 is 11.3 Å². The molecular weight excluding hydrogens is 346 g/mol. The van der Waals surface area contributed by atoms with Gasteiger partial charge in [-0.1, -0.05) is 18.2 Å². The Morgan fingerprint density at radius 1 is 1.27 bits per heavy atom. The molecule has 1 atom stereocenters. The number of aliphatic hydroxyl groups excluding tert-OH is 1.